The lowest BCUT2D eigenvalue weighted by Gasteiger charge is -2.31. The SMILES string of the molecule is Cc1ccccc1CC(=O)N1CCC(C(=O)Nc2ccc(F)c(Cl)c2)CC1. The highest BCUT2D eigenvalue weighted by Gasteiger charge is 2.27. The molecule has 1 aliphatic heterocycles. The van der Waals surface area contributed by atoms with Gasteiger partial charge in [-0.15, -0.1) is 0 Å². The van der Waals surface area contributed by atoms with E-state index in [1.54, 1.807) is 0 Å². The van der Waals surface area contributed by atoms with E-state index in [1.165, 1.54) is 18.2 Å². The number of anilines is 1. The van der Waals surface area contributed by atoms with Crippen LogP contribution in [-0.4, -0.2) is 29.8 Å². The normalized spacial score (nSPS) is 14.9. The molecule has 2 amide bonds. The van der Waals surface area contributed by atoms with Crippen molar-refractivity contribution in [2.45, 2.75) is 26.2 Å². The first-order valence-corrected chi connectivity index (χ1v) is 9.40. The van der Waals surface area contributed by atoms with Crippen molar-refractivity contribution >= 4 is 29.1 Å². The Balaban J connectivity index is 1.52. The summed E-state index contributed by atoms with van der Waals surface area (Å²) in [6.07, 6.45) is 1.61. The molecular weight excluding hydrogens is 367 g/mol. The molecule has 0 saturated carbocycles. The molecule has 3 rings (SSSR count). The van der Waals surface area contributed by atoms with Crippen LogP contribution in [0.3, 0.4) is 0 Å². The van der Waals surface area contributed by atoms with Crippen LogP contribution in [0.2, 0.25) is 5.02 Å². The number of hydrogen-bond donors (Lipinski definition) is 1. The van der Waals surface area contributed by atoms with Gasteiger partial charge in [-0.05, 0) is 49.1 Å². The molecule has 0 unspecified atom stereocenters. The number of hydrogen-bond acceptors (Lipinski definition) is 2. The summed E-state index contributed by atoms with van der Waals surface area (Å²) in [5.74, 6) is -0.719. The lowest BCUT2D eigenvalue weighted by molar-refractivity contribution is -0.133. The number of carbonyl (C=O) groups excluding carboxylic acids is 2. The van der Waals surface area contributed by atoms with Crippen LogP contribution in [-0.2, 0) is 16.0 Å². The number of rotatable bonds is 4. The van der Waals surface area contributed by atoms with Crippen LogP contribution in [0.25, 0.3) is 0 Å². The predicted molar refractivity (Wildman–Crippen MR) is 104 cm³/mol. The Morgan fingerprint density at radius 3 is 2.56 bits per heavy atom. The molecule has 0 aliphatic carbocycles. The van der Waals surface area contributed by atoms with E-state index in [4.69, 9.17) is 11.6 Å². The second-order valence-corrected chi connectivity index (χ2v) is 7.28. The lowest BCUT2D eigenvalue weighted by atomic mass is 9.95. The second kappa shape index (κ2) is 8.53. The van der Waals surface area contributed by atoms with Gasteiger partial charge in [0, 0.05) is 24.7 Å². The average molecular weight is 389 g/mol. The molecule has 2 aromatic rings. The van der Waals surface area contributed by atoms with E-state index in [1.807, 2.05) is 36.1 Å². The molecule has 1 fully saturated rings. The standard InChI is InChI=1S/C21H22ClFN2O2/c1-14-4-2-3-5-16(14)12-20(26)25-10-8-15(9-11-25)21(27)24-17-6-7-19(23)18(22)13-17/h2-7,13,15H,8-12H2,1H3,(H,24,27). The van der Waals surface area contributed by atoms with E-state index in [9.17, 15) is 14.0 Å². The summed E-state index contributed by atoms with van der Waals surface area (Å²) in [6.45, 7) is 3.13. The molecule has 2 aromatic carbocycles. The number of nitrogens with zero attached hydrogens (tertiary/aromatic N) is 1. The van der Waals surface area contributed by atoms with Crippen molar-refractivity contribution in [2.24, 2.45) is 5.92 Å². The fourth-order valence-corrected chi connectivity index (χ4v) is 3.47. The molecule has 1 N–H and O–H groups in total. The highest BCUT2D eigenvalue weighted by Crippen LogP contribution is 2.23. The summed E-state index contributed by atoms with van der Waals surface area (Å²) in [7, 11) is 0. The van der Waals surface area contributed by atoms with Crippen LogP contribution in [0.1, 0.15) is 24.0 Å². The summed E-state index contributed by atoms with van der Waals surface area (Å²) in [5, 5.41) is 2.75. The fraction of sp³-hybridized carbons (Fsp3) is 0.333. The van der Waals surface area contributed by atoms with Crippen LogP contribution in [0, 0.1) is 18.7 Å². The third-order valence-electron chi connectivity index (χ3n) is 5.01. The molecule has 0 atom stereocenters. The van der Waals surface area contributed by atoms with Gasteiger partial charge < -0.3 is 10.2 Å². The first-order chi connectivity index (χ1) is 12.9. The molecule has 6 heteroatoms. The molecule has 27 heavy (non-hydrogen) atoms. The van der Waals surface area contributed by atoms with E-state index < -0.39 is 5.82 Å². The average Bonchev–Trinajstić information content (AvgIpc) is 2.66. The van der Waals surface area contributed by atoms with Crippen molar-refractivity contribution in [3.05, 3.63) is 64.4 Å². The van der Waals surface area contributed by atoms with E-state index >= 15 is 0 Å². The van der Waals surface area contributed by atoms with Gasteiger partial charge in [-0.1, -0.05) is 35.9 Å². The van der Waals surface area contributed by atoms with Crippen molar-refractivity contribution < 1.29 is 14.0 Å². The number of amides is 2. The van der Waals surface area contributed by atoms with Gasteiger partial charge in [0.1, 0.15) is 5.82 Å². The molecule has 142 valence electrons. The minimum absolute atomic E-state index is 0.0237. The number of nitrogens with one attached hydrogen (secondary N) is 1. The molecule has 0 spiro atoms. The molecule has 1 saturated heterocycles. The van der Waals surface area contributed by atoms with Gasteiger partial charge in [-0.2, -0.15) is 0 Å². The number of piperidine rings is 1. The van der Waals surface area contributed by atoms with Gasteiger partial charge in [-0.25, -0.2) is 4.39 Å². The van der Waals surface area contributed by atoms with Crippen LogP contribution in [0.5, 0.6) is 0 Å². The fourth-order valence-electron chi connectivity index (χ4n) is 3.29. The monoisotopic (exact) mass is 388 g/mol. The first-order valence-electron chi connectivity index (χ1n) is 9.02. The maximum absolute atomic E-state index is 13.2. The first kappa shape index (κ1) is 19.4. The smallest absolute Gasteiger partial charge is 0.227 e. The lowest BCUT2D eigenvalue weighted by Crippen LogP contribution is -2.42. The molecule has 0 radical (unpaired) electrons. The summed E-state index contributed by atoms with van der Waals surface area (Å²) < 4.78 is 13.2. The highest BCUT2D eigenvalue weighted by molar-refractivity contribution is 6.31. The Morgan fingerprint density at radius 1 is 1.19 bits per heavy atom. The third kappa shape index (κ3) is 4.86. The zero-order chi connectivity index (χ0) is 19.4. The summed E-state index contributed by atoms with van der Waals surface area (Å²) in [5.41, 5.74) is 2.62. The quantitative estimate of drug-likeness (QED) is 0.853. The molecule has 4 nitrogen and oxygen atoms in total. The largest absolute Gasteiger partial charge is 0.342 e. The van der Waals surface area contributed by atoms with Crippen molar-refractivity contribution in [3.63, 3.8) is 0 Å². The van der Waals surface area contributed by atoms with Crippen LogP contribution in [0.4, 0.5) is 10.1 Å². The van der Waals surface area contributed by atoms with E-state index in [-0.39, 0.29) is 22.8 Å². The van der Waals surface area contributed by atoms with Crippen molar-refractivity contribution in [2.75, 3.05) is 18.4 Å². The topological polar surface area (TPSA) is 49.4 Å². The van der Waals surface area contributed by atoms with Gasteiger partial charge in [0.2, 0.25) is 11.8 Å². The number of halogens is 2. The predicted octanol–water partition coefficient (Wildman–Crippen LogP) is 4.21. The molecule has 0 aromatic heterocycles. The Kier molecular flexibility index (Phi) is 6.11. The molecular formula is C21H22ClFN2O2. The minimum atomic E-state index is -0.518. The van der Waals surface area contributed by atoms with Crippen molar-refractivity contribution in [3.8, 4) is 0 Å². The Labute approximate surface area is 163 Å². The molecule has 1 aliphatic rings. The maximum atomic E-state index is 13.2. The van der Waals surface area contributed by atoms with E-state index in [2.05, 4.69) is 5.32 Å². The number of aryl methyl sites for hydroxylation is 1. The van der Waals surface area contributed by atoms with Gasteiger partial charge in [0.25, 0.3) is 0 Å². The number of likely N-dealkylation sites (tertiary alicyclic amines) is 1. The Hall–Kier alpha value is -2.40. The van der Waals surface area contributed by atoms with Crippen LogP contribution >= 0.6 is 11.6 Å². The minimum Gasteiger partial charge on any atom is -0.342 e. The number of benzene rings is 2. The zero-order valence-electron chi connectivity index (χ0n) is 15.2. The number of carbonyl (C=O) groups is 2. The van der Waals surface area contributed by atoms with Gasteiger partial charge in [0.05, 0.1) is 11.4 Å². The summed E-state index contributed by atoms with van der Waals surface area (Å²) >= 11 is 5.74. The maximum Gasteiger partial charge on any atom is 0.227 e. The zero-order valence-corrected chi connectivity index (χ0v) is 15.9. The van der Waals surface area contributed by atoms with Crippen molar-refractivity contribution in [1.29, 1.82) is 0 Å². The van der Waals surface area contributed by atoms with Crippen LogP contribution < -0.4 is 5.32 Å². The van der Waals surface area contributed by atoms with Crippen LogP contribution in [0.15, 0.2) is 42.5 Å². The summed E-state index contributed by atoms with van der Waals surface area (Å²) in [4.78, 5) is 26.8. The Morgan fingerprint density at radius 2 is 1.89 bits per heavy atom. The molecule has 0 bridgehead atoms. The van der Waals surface area contributed by atoms with Gasteiger partial charge in [-0.3, -0.25) is 9.59 Å². The van der Waals surface area contributed by atoms with Crippen molar-refractivity contribution in [1.82, 2.24) is 4.90 Å². The Bertz CT molecular complexity index is 848. The van der Waals surface area contributed by atoms with Gasteiger partial charge >= 0.3 is 0 Å². The molecule has 1 heterocycles. The summed E-state index contributed by atoms with van der Waals surface area (Å²) in [6, 6.07) is 12.0. The van der Waals surface area contributed by atoms with E-state index in [0.717, 1.165) is 11.1 Å². The van der Waals surface area contributed by atoms with E-state index in [0.29, 0.717) is 38.0 Å². The van der Waals surface area contributed by atoms with Gasteiger partial charge in [0.15, 0.2) is 0 Å². The highest BCUT2D eigenvalue weighted by atomic mass is 35.5. The third-order valence-corrected chi connectivity index (χ3v) is 5.30. The second-order valence-electron chi connectivity index (χ2n) is 6.88.